The van der Waals surface area contributed by atoms with Crippen molar-refractivity contribution in [2.75, 3.05) is 0 Å². The van der Waals surface area contributed by atoms with Gasteiger partial charge in [-0.15, -0.1) is 0 Å². The average molecular weight is 437 g/mol. The summed E-state index contributed by atoms with van der Waals surface area (Å²) >= 11 is 0. The minimum atomic E-state index is -0.832. The lowest BCUT2D eigenvalue weighted by molar-refractivity contribution is -0.137. The number of hydrogen-bond donors (Lipinski definition) is 2. The van der Waals surface area contributed by atoms with Gasteiger partial charge in [0.15, 0.2) is 0 Å². The van der Waals surface area contributed by atoms with Gasteiger partial charge in [-0.3, -0.25) is 4.79 Å². The zero-order valence-electron chi connectivity index (χ0n) is 18.9. The van der Waals surface area contributed by atoms with Gasteiger partial charge >= 0.3 is 5.97 Å². The Bertz CT molecular complexity index is 1110. The van der Waals surface area contributed by atoms with E-state index in [0.717, 1.165) is 22.3 Å². The molecular weight excluding hydrogens is 407 g/mol. The fourth-order valence-corrected chi connectivity index (χ4v) is 3.71. The summed E-state index contributed by atoms with van der Waals surface area (Å²) in [6.07, 6.45) is 0.0610. The summed E-state index contributed by atoms with van der Waals surface area (Å²) in [5.41, 5.74) is 3.64. The number of benzene rings is 3. The van der Waals surface area contributed by atoms with E-state index >= 15 is 0 Å². The molecule has 0 aromatic heterocycles. The molecule has 5 heteroatoms. The van der Waals surface area contributed by atoms with Crippen LogP contribution in [0.1, 0.15) is 56.7 Å². The van der Waals surface area contributed by atoms with Crippen LogP contribution in [0.2, 0.25) is 0 Å². The topological polar surface area (TPSA) is 66.8 Å². The number of ether oxygens (including phenoxy) is 1. The van der Waals surface area contributed by atoms with Gasteiger partial charge in [0.25, 0.3) is 0 Å². The van der Waals surface area contributed by atoms with Crippen molar-refractivity contribution in [2.24, 2.45) is 0 Å². The summed E-state index contributed by atoms with van der Waals surface area (Å²) in [6.45, 7) is 8.38. The zero-order chi connectivity index (χ0) is 23.5. The lowest BCUT2D eigenvalue weighted by atomic mass is 9.81. The zero-order valence-corrected chi connectivity index (χ0v) is 18.9. The summed E-state index contributed by atoms with van der Waals surface area (Å²) < 4.78 is 20.5. The molecule has 0 aliphatic heterocycles. The molecular formula is C27H29FO4. The van der Waals surface area contributed by atoms with Gasteiger partial charge in [-0.2, -0.15) is 0 Å². The molecule has 0 unspecified atom stereocenters. The van der Waals surface area contributed by atoms with Gasteiger partial charge in [0.1, 0.15) is 23.9 Å². The molecule has 3 aromatic carbocycles. The van der Waals surface area contributed by atoms with E-state index < -0.39 is 5.97 Å². The highest BCUT2D eigenvalue weighted by atomic mass is 19.1. The third-order valence-corrected chi connectivity index (χ3v) is 5.45. The first kappa shape index (κ1) is 23.3. The van der Waals surface area contributed by atoms with Crippen LogP contribution in [-0.2, 0) is 16.8 Å². The number of rotatable bonds is 7. The highest BCUT2D eigenvalue weighted by molar-refractivity contribution is 5.71. The van der Waals surface area contributed by atoms with E-state index in [1.54, 1.807) is 0 Å². The fraction of sp³-hybridized carbons (Fsp3) is 0.296. The largest absolute Gasteiger partial charge is 0.508 e. The Hall–Kier alpha value is -3.34. The average Bonchev–Trinajstić information content (AvgIpc) is 2.73. The summed E-state index contributed by atoms with van der Waals surface area (Å²) in [5.74, 6) is -0.641. The molecule has 0 saturated heterocycles. The van der Waals surface area contributed by atoms with Crippen LogP contribution in [0.25, 0.3) is 11.1 Å². The fourth-order valence-electron chi connectivity index (χ4n) is 3.71. The second kappa shape index (κ2) is 9.43. The molecule has 0 fully saturated rings. The van der Waals surface area contributed by atoms with E-state index in [1.165, 1.54) is 18.2 Å². The van der Waals surface area contributed by atoms with E-state index in [-0.39, 0.29) is 29.3 Å². The Balaban J connectivity index is 1.86. The van der Waals surface area contributed by atoms with E-state index in [9.17, 15) is 14.3 Å². The lowest BCUT2D eigenvalue weighted by Crippen LogP contribution is -2.14. The molecule has 2 N–H and O–H groups in total. The Morgan fingerprint density at radius 2 is 1.78 bits per heavy atom. The molecule has 1 atom stereocenters. The van der Waals surface area contributed by atoms with Gasteiger partial charge in [-0.25, -0.2) is 4.39 Å². The van der Waals surface area contributed by atoms with Crippen molar-refractivity contribution in [3.63, 3.8) is 0 Å². The van der Waals surface area contributed by atoms with Crippen molar-refractivity contribution in [1.29, 1.82) is 0 Å². The molecule has 0 radical (unpaired) electrons. The van der Waals surface area contributed by atoms with Gasteiger partial charge in [0.05, 0.1) is 6.42 Å². The molecule has 0 amide bonds. The van der Waals surface area contributed by atoms with Crippen LogP contribution in [0.3, 0.4) is 0 Å². The molecule has 0 aliphatic rings. The number of halogens is 1. The smallest absolute Gasteiger partial charge is 0.303 e. The molecule has 4 nitrogen and oxygen atoms in total. The molecule has 0 spiro atoms. The number of aliphatic carboxylic acids is 1. The van der Waals surface area contributed by atoms with Crippen LogP contribution < -0.4 is 4.74 Å². The van der Waals surface area contributed by atoms with Crippen molar-refractivity contribution >= 4 is 5.97 Å². The predicted octanol–water partition coefficient (Wildman–Crippen LogP) is 6.65. The summed E-state index contributed by atoms with van der Waals surface area (Å²) in [7, 11) is 0. The maximum atomic E-state index is 14.5. The Morgan fingerprint density at radius 1 is 1.03 bits per heavy atom. The lowest BCUT2D eigenvalue weighted by Gasteiger charge is -2.24. The first-order valence-electron chi connectivity index (χ1n) is 10.6. The van der Waals surface area contributed by atoms with E-state index in [4.69, 9.17) is 9.84 Å². The number of phenolic OH excluding ortho intramolecular Hbond substituents is 1. The van der Waals surface area contributed by atoms with Crippen molar-refractivity contribution in [3.05, 3.63) is 83.2 Å². The monoisotopic (exact) mass is 436 g/mol. The van der Waals surface area contributed by atoms with Crippen molar-refractivity contribution in [3.8, 4) is 22.6 Å². The number of hydrogen-bond acceptors (Lipinski definition) is 3. The molecule has 0 aliphatic carbocycles. The number of aromatic hydroxyl groups is 1. The quantitative estimate of drug-likeness (QED) is 0.435. The molecule has 0 bridgehead atoms. The van der Waals surface area contributed by atoms with Gasteiger partial charge in [0.2, 0.25) is 0 Å². The minimum Gasteiger partial charge on any atom is -0.508 e. The third-order valence-electron chi connectivity index (χ3n) is 5.45. The molecule has 32 heavy (non-hydrogen) atoms. The summed E-state index contributed by atoms with van der Waals surface area (Å²) in [5, 5.41) is 18.9. The Kier molecular flexibility index (Phi) is 6.87. The normalized spacial score (nSPS) is 12.4. The Labute approximate surface area is 188 Å². The van der Waals surface area contributed by atoms with Crippen molar-refractivity contribution < 1.29 is 24.1 Å². The first-order chi connectivity index (χ1) is 15.0. The van der Waals surface area contributed by atoms with Crippen LogP contribution >= 0.6 is 0 Å². The van der Waals surface area contributed by atoms with Gasteiger partial charge in [-0.1, -0.05) is 58.0 Å². The van der Waals surface area contributed by atoms with Crippen LogP contribution in [0.4, 0.5) is 4.39 Å². The van der Waals surface area contributed by atoms with Crippen LogP contribution in [-0.4, -0.2) is 16.2 Å². The van der Waals surface area contributed by atoms with Crippen molar-refractivity contribution in [1.82, 2.24) is 0 Å². The van der Waals surface area contributed by atoms with Gasteiger partial charge in [0, 0.05) is 5.56 Å². The second-order valence-corrected chi connectivity index (χ2v) is 9.15. The Morgan fingerprint density at radius 3 is 2.47 bits per heavy atom. The molecule has 0 heterocycles. The molecule has 3 aromatic rings. The number of carboxylic acids is 1. The third kappa shape index (κ3) is 5.67. The van der Waals surface area contributed by atoms with E-state index in [0.29, 0.717) is 17.9 Å². The maximum absolute atomic E-state index is 14.5. The van der Waals surface area contributed by atoms with Crippen molar-refractivity contribution in [2.45, 2.75) is 52.1 Å². The number of carboxylic acid groups (broad SMARTS) is 1. The minimum absolute atomic E-state index is 0.0191. The molecule has 168 valence electrons. The highest BCUT2D eigenvalue weighted by Gasteiger charge is 2.21. The van der Waals surface area contributed by atoms with Gasteiger partial charge < -0.3 is 14.9 Å². The van der Waals surface area contributed by atoms with Crippen LogP contribution in [0.5, 0.6) is 11.5 Å². The SMILES string of the molecule is C[C@@H](CC(=O)O)c1cccc(OCc2ccc(-c3cc(O)ccc3F)c(C(C)(C)C)c2)c1. The van der Waals surface area contributed by atoms with Crippen LogP contribution in [0.15, 0.2) is 60.7 Å². The maximum Gasteiger partial charge on any atom is 0.303 e. The van der Waals surface area contributed by atoms with Gasteiger partial charge in [-0.05, 0) is 63.9 Å². The highest BCUT2D eigenvalue weighted by Crippen LogP contribution is 2.36. The van der Waals surface area contributed by atoms with E-state index in [2.05, 4.69) is 20.8 Å². The number of carbonyl (C=O) groups is 1. The molecule has 0 saturated carbocycles. The second-order valence-electron chi connectivity index (χ2n) is 9.15. The first-order valence-corrected chi connectivity index (χ1v) is 10.6. The predicted molar refractivity (Wildman–Crippen MR) is 124 cm³/mol. The number of phenols is 1. The van der Waals surface area contributed by atoms with E-state index in [1.807, 2.05) is 49.4 Å². The van der Waals surface area contributed by atoms with Crippen LogP contribution in [0, 0.1) is 5.82 Å². The summed E-state index contributed by atoms with van der Waals surface area (Å²) in [6, 6.07) is 17.3. The molecule has 3 rings (SSSR count). The summed E-state index contributed by atoms with van der Waals surface area (Å²) in [4.78, 5) is 11.0. The standard InChI is InChI=1S/C27H29FO4/c1-17(12-26(30)31)19-6-5-7-21(14-19)32-16-18-8-10-22(24(13-18)27(2,3)4)23-15-20(29)9-11-25(23)28/h5-11,13-15,17,29H,12,16H2,1-4H3,(H,30,31)/t17-/m0/s1.